The lowest BCUT2D eigenvalue weighted by Crippen LogP contribution is -2.38. The molecule has 0 spiro atoms. The van der Waals surface area contributed by atoms with Crippen LogP contribution in [0.25, 0.3) is 0 Å². The summed E-state index contributed by atoms with van der Waals surface area (Å²) in [5.74, 6) is 1.80. The molecule has 0 aliphatic carbocycles. The summed E-state index contributed by atoms with van der Waals surface area (Å²) in [6.07, 6.45) is 3.84. The molecule has 0 aliphatic rings. The topological polar surface area (TPSA) is 45.5 Å². The fourth-order valence-electron chi connectivity index (χ4n) is 2.72. The van der Waals surface area contributed by atoms with Crippen LogP contribution in [0.5, 0.6) is 0 Å². The molecule has 3 aromatic rings. The molecule has 27 heavy (non-hydrogen) atoms. The van der Waals surface area contributed by atoms with Crippen molar-refractivity contribution in [2.24, 2.45) is 4.99 Å². The van der Waals surface area contributed by atoms with Crippen LogP contribution in [0.3, 0.4) is 0 Å². The van der Waals surface area contributed by atoms with Crippen LogP contribution in [-0.4, -0.2) is 34.5 Å². The van der Waals surface area contributed by atoms with Crippen LogP contribution in [0, 0.1) is 0 Å². The zero-order valence-electron chi connectivity index (χ0n) is 15.3. The fourth-order valence-corrected chi connectivity index (χ4v) is 3.86. The summed E-state index contributed by atoms with van der Waals surface area (Å²) in [4.78, 5) is 12.1. The Bertz CT molecular complexity index is 862. The Morgan fingerprint density at radius 1 is 1.26 bits per heavy atom. The van der Waals surface area contributed by atoms with Gasteiger partial charge in [0, 0.05) is 37.9 Å². The van der Waals surface area contributed by atoms with E-state index < -0.39 is 0 Å². The van der Waals surface area contributed by atoms with E-state index in [2.05, 4.69) is 49.0 Å². The molecule has 1 aromatic carbocycles. The third kappa shape index (κ3) is 6.22. The number of aliphatic imine (C=N–C) groups is 1. The quantitative estimate of drug-likeness (QED) is 0.299. The highest BCUT2D eigenvalue weighted by molar-refractivity contribution is 14.0. The van der Waals surface area contributed by atoms with Crippen molar-refractivity contribution in [3.05, 3.63) is 75.5 Å². The average molecular weight is 516 g/mol. The molecule has 3 rings (SSSR count). The van der Waals surface area contributed by atoms with Crippen LogP contribution in [0.4, 0.5) is 0 Å². The molecule has 0 saturated carbocycles. The van der Waals surface area contributed by atoms with E-state index in [1.165, 1.54) is 10.4 Å². The zero-order chi connectivity index (χ0) is 18.4. The summed E-state index contributed by atoms with van der Waals surface area (Å²) in [6, 6.07) is 14.3. The Morgan fingerprint density at radius 2 is 2.04 bits per heavy atom. The van der Waals surface area contributed by atoms with Crippen LogP contribution in [0.15, 0.2) is 59.9 Å². The van der Waals surface area contributed by atoms with E-state index in [0.29, 0.717) is 6.54 Å². The summed E-state index contributed by atoms with van der Waals surface area (Å²) < 4.78 is 2.95. The monoisotopic (exact) mass is 515 g/mol. The maximum Gasteiger partial charge on any atom is 0.194 e. The van der Waals surface area contributed by atoms with Crippen LogP contribution in [0.1, 0.15) is 16.3 Å². The maximum absolute atomic E-state index is 6.01. The Morgan fingerprint density at radius 3 is 2.70 bits per heavy atom. The standard InChI is InChI=1S/C19H22ClN5S.HI/c1-21-19(24(2)14-16-8-9-17(20)26-16)23-12-18-22-10-11-25(18)13-15-6-4-3-5-7-15;/h3-11H,12-14H2,1-2H3,(H,21,23);1H. The molecule has 2 aromatic heterocycles. The molecule has 0 bridgehead atoms. The molecule has 2 heterocycles. The summed E-state index contributed by atoms with van der Waals surface area (Å²) in [5.41, 5.74) is 1.25. The molecule has 0 atom stereocenters. The molecule has 144 valence electrons. The van der Waals surface area contributed by atoms with E-state index in [1.807, 2.05) is 37.6 Å². The van der Waals surface area contributed by atoms with Gasteiger partial charge >= 0.3 is 0 Å². The Kier molecular flexibility index (Phi) is 8.59. The second-order valence-corrected chi connectivity index (χ2v) is 7.72. The van der Waals surface area contributed by atoms with Gasteiger partial charge in [0.05, 0.1) is 17.4 Å². The van der Waals surface area contributed by atoms with Gasteiger partial charge in [-0.2, -0.15) is 0 Å². The minimum atomic E-state index is 0. The minimum Gasteiger partial charge on any atom is -0.349 e. The summed E-state index contributed by atoms with van der Waals surface area (Å²) >= 11 is 7.60. The number of hydrogen-bond acceptors (Lipinski definition) is 3. The number of guanidine groups is 1. The van der Waals surface area contributed by atoms with E-state index in [0.717, 1.165) is 29.2 Å². The number of aromatic nitrogens is 2. The van der Waals surface area contributed by atoms with Crippen molar-refractivity contribution in [1.82, 2.24) is 19.8 Å². The molecule has 0 saturated heterocycles. The van der Waals surface area contributed by atoms with Gasteiger partial charge in [0.1, 0.15) is 5.82 Å². The number of nitrogens with one attached hydrogen (secondary N) is 1. The number of nitrogens with zero attached hydrogens (tertiary/aromatic N) is 4. The molecule has 1 N–H and O–H groups in total. The molecular weight excluding hydrogens is 493 g/mol. The second-order valence-electron chi connectivity index (χ2n) is 5.92. The highest BCUT2D eigenvalue weighted by Gasteiger charge is 2.10. The van der Waals surface area contributed by atoms with Gasteiger partial charge in [0.25, 0.3) is 0 Å². The Labute approximate surface area is 186 Å². The normalized spacial score (nSPS) is 11.1. The first-order chi connectivity index (χ1) is 12.7. The van der Waals surface area contributed by atoms with E-state index in [9.17, 15) is 0 Å². The highest BCUT2D eigenvalue weighted by atomic mass is 127. The summed E-state index contributed by atoms with van der Waals surface area (Å²) in [7, 11) is 3.80. The van der Waals surface area contributed by atoms with Crippen molar-refractivity contribution >= 4 is 52.9 Å². The number of halogens is 2. The number of imidazole rings is 1. The lowest BCUT2D eigenvalue weighted by atomic mass is 10.2. The molecule has 8 heteroatoms. The van der Waals surface area contributed by atoms with Crippen molar-refractivity contribution in [3.8, 4) is 0 Å². The molecule has 0 aliphatic heterocycles. The van der Waals surface area contributed by atoms with Crippen molar-refractivity contribution in [3.63, 3.8) is 0 Å². The van der Waals surface area contributed by atoms with Crippen LogP contribution in [-0.2, 0) is 19.6 Å². The van der Waals surface area contributed by atoms with Gasteiger partial charge in [0.2, 0.25) is 0 Å². The van der Waals surface area contributed by atoms with E-state index in [1.54, 1.807) is 18.4 Å². The minimum absolute atomic E-state index is 0. The van der Waals surface area contributed by atoms with E-state index in [-0.39, 0.29) is 24.0 Å². The van der Waals surface area contributed by atoms with Crippen molar-refractivity contribution in [2.45, 2.75) is 19.6 Å². The Balaban J connectivity index is 0.00000261. The van der Waals surface area contributed by atoms with Gasteiger partial charge in [-0.3, -0.25) is 4.99 Å². The first-order valence-corrected chi connectivity index (χ1v) is 9.55. The van der Waals surface area contributed by atoms with Gasteiger partial charge in [-0.05, 0) is 17.7 Å². The van der Waals surface area contributed by atoms with E-state index >= 15 is 0 Å². The van der Waals surface area contributed by atoms with Gasteiger partial charge < -0.3 is 14.8 Å². The van der Waals surface area contributed by atoms with E-state index in [4.69, 9.17) is 11.6 Å². The van der Waals surface area contributed by atoms with Crippen molar-refractivity contribution in [2.75, 3.05) is 14.1 Å². The van der Waals surface area contributed by atoms with Gasteiger partial charge in [-0.1, -0.05) is 41.9 Å². The smallest absolute Gasteiger partial charge is 0.194 e. The van der Waals surface area contributed by atoms with Crippen molar-refractivity contribution < 1.29 is 0 Å². The number of thiophene rings is 1. The lowest BCUT2D eigenvalue weighted by molar-refractivity contribution is 0.478. The molecular formula is C19H23ClIN5S. The van der Waals surface area contributed by atoms with Gasteiger partial charge in [0.15, 0.2) is 5.96 Å². The Hall–Kier alpha value is -1.58. The first kappa shape index (κ1) is 21.7. The maximum atomic E-state index is 6.01. The van der Waals surface area contributed by atoms with Gasteiger partial charge in [-0.15, -0.1) is 35.3 Å². The summed E-state index contributed by atoms with van der Waals surface area (Å²) in [6.45, 7) is 2.18. The second kappa shape index (κ2) is 10.7. The molecule has 0 fully saturated rings. The fraction of sp³-hybridized carbons (Fsp3) is 0.263. The SMILES string of the molecule is CN=C(NCc1nccn1Cc1ccccc1)N(C)Cc1ccc(Cl)s1.I. The summed E-state index contributed by atoms with van der Waals surface area (Å²) in [5, 5.41) is 3.39. The van der Waals surface area contributed by atoms with Crippen LogP contribution >= 0.6 is 46.9 Å². The first-order valence-electron chi connectivity index (χ1n) is 8.35. The average Bonchev–Trinajstić information content (AvgIpc) is 3.25. The molecule has 0 unspecified atom stereocenters. The number of benzene rings is 1. The predicted molar refractivity (Wildman–Crippen MR) is 124 cm³/mol. The third-order valence-corrected chi connectivity index (χ3v) is 5.21. The number of rotatable bonds is 6. The third-order valence-electron chi connectivity index (χ3n) is 4.00. The molecule has 0 amide bonds. The lowest BCUT2D eigenvalue weighted by Gasteiger charge is -2.21. The highest BCUT2D eigenvalue weighted by Crippen LogP contribution is 2.22. The van der Waals surface area contributed by atoms with Gasteiger partial charge in [-0.25, -0.2) is 4.98 Å². The van der Waals surface area contributed by atoms with Crippen LogP contribution < -0.4 is 5.32 Å². The largest absolute Gasteiger partial charge is 0.349 e. The van der Waals surface area contributed by atoms with Crippen LogP contribution in [0.2, 0.25) is 4.34 Å². The van der Waals surface area contributed by atoms with Crippen molar-refractivity contribution in [1.29, 1.82) is 0 Å². The predicted octanol–water partition coefficient (Wildman–Crippen LogP) is 4.47. The number of hydrogen-bond donors (Lipinski definition) is 1. The molecule has 0 radical (unpaired) electrons. The molecule has 5 nitrogen and oxygen atoms in total. The zero-order valence-corrected chi connectivity index (χ0v) is 19.2.